The fourth-order valence-corrected chi connectivity index (χ4v) is 2.40. The number of hydrogen-bond donors (Lipinski definition) is 1. The van der Waals surface area contributed by atoms with Gasteiger partial charge in [0, 0.05) is 18.7 Å². The lowest BCUT2D eigenvalue weighted by Gasteiger charge is -2.33. The van der Waals surface area contributed by atoms with Crippen molar-refractivity contribution in [1.29, 1.82) is 0 Å². The summed E-state index contributed by atoms with van der Waals surface area (Å²) in [4.78, 5) is 2.56. The molecule has 108 valence electrons. The predicted octanol–water partition coefficient (Wildman–Crippen LogP) is 2.66. The topological polar surface area (TPSA) is 24.5 Å². The van der Waals surface area contributed by atoms with Gasteiger partial charge in [-0.05, 0) is 66.1 Å². The predicted molar refractivity (Wildman–Crippen MR) is 78.1 cm³/mol. The van der Waals surface area contributed by atoms with Crippen LogP contribution in [-0.4, -0.2) is 49.3 Å². The number of rotatable bonds is 7. The average Bonchev–Trinajstić information content (AvgIpc) is 2.31. The molecule has 0 radical (unpaired) electrons. The highest BCUT2D eigenvalue weighted by Gasteiger charge is 2.19. The average molecular weight is 256 g/mol. The van der Waals surface area contributed by atoms with Gasteiger partial charge in [-0.1, -0.05) is 6.92 Å². The van der Waals surface area contributed by atoms with Crippen LogP contribution in [0.2, 0.25) is 0 Å². The molecule has 0 saturated carbocycles. The molecule has 0 aromatic rings. The molecule has 1 aliphatic heterocycles. The van der Waals surface area contributed by atoms with Crippen molar-refractivity contribution in [2.24, 2.45) is 0 Å². The van der Waals surface area contributed by atoms with Crippen molar-refractivity contribution in [2.45, 2.75) is 65.0 Å². The molecule has 0 aromatic heterocycles. The van der Waals surface area contributed by atoms with Crippen LogP contribution in [0.1, 0.15) is 53.4 Å². The van der Waals surface area contributed by atoms with E-state index in [1.54, 1.807) is 0 Å². The van der Waals surface area contributed by atoms with Crippen molar-refractivity contribution in [3.63, 3.8) is 0 Å². The third-order valence-electron chi connectivity index (χ3n) is 3.33. The van der Waals surface area contributed by atoms with E-state index in [1.165, 1.54) is 32.4 Å². The normalized spacial score (nSPS) is 22.3. The quantitative estimate of drug-likeness (QED) is 0.709. The monoisotopic (exact) mass is 256 g/mol. The van der Waals surface area contributed by atoms with E-state index in [2.05, 4.69) is 37.9 Å². The van der Waals surface area contributed by atoms with Crippen LogP contribution in [0.3, 0.4) is 0 Å². The van der Waals surface area contributed by atoms with E-state index >= 15 is 0 Å². The number of likely N-dealkylation sites (tertiary alicyclic amines) is 1. The summed E-state index contributed by atoms with van der Waals surface area (Å²) in [7, 11) is 0. The molecule has 1 rings (SSSR count). The van der Waals surface area contributed by atoms with Crippen LogP contribution in [0.4, 0.5) is 0 Å². The first-order valence-corrected chi connectivity index (χ1v) is 7.60. The smallest absolute Gasteiger partial charge is 0.0702 e. The van der Waals surface area contributed by atoms with Crippen LogP contribution < -0.4 is 5.32 Å². The molecular formula is C15H32N2O. The van der Waals surface area contributed by atoms with E-state index in [-0.39, 0.29) is 5.54 Å². The molecule has 3 heteroatoms. The van der Waals surface area contributed by atoms with Crippen LogP contribution in [0.5, 0.6) is 0 Å². The summed E-state index contributed by atoms with van der Waals surface area (Å²) in [5, 5.41) is 3.55. The van der Waals surface area contributed by atoms with E-state index in [1.807, 2.05) is 0 Å². The highest BCUT2D eigenvalue weighted by molar-refractivity contribution is 4.75. The van der Waals surface area contributed by atoms with Gasteiger partial charge in [0.05, 0.1) is 6.10 Å². The van der Waals surface area contributed by atoms with Crippen molar-refractivity contribution in [3.05, 3.63) is 0 Å². The Labute approximate surface area is 113 Å². The fourth-order valence-electron chi connectivity index (χ4n) is 2.40. The second kappa shape index (κ2) is 8.13. The largest absolute Gasteiger partial charge is 0.377 e. The Morgan fingerprint density at radius 1 is 1.33 bits per heavy atom. The fraction of sp³-hybridized carbons (Fsp3) is 1.00. The molecule has 1 atom stereocenters. The van der Waals surface area contributed by atoms with Gasteiger partial charge in [0.25, 0.3) is 0 Å². The molecule has 0 amide bonds. The van der Waals surface area contributed by atoms with Crippen LogP contribution in [0.15, 0.2) is 0 Å². The summed E-state index contributed by atoms with van der Waals surface area (Å²) >= 11 is 0. The third-order valence-corrected chi connectivity index (χ3v) is 3.33. The maximum absolute atomic E-state index is 5.87. The Morgan fingerprint density at radius 3 is 2.78 bits per heavy atom. The molecule has 18 heavy (non-hydrogen) atoms. The number of hydrogen-bond acceptors (Lipinski definition) is 3. The van der Waals surface area contributed by atoms with Gasteiger partial charge in [-0.25, -0.2) is 0 Å². The minimum Gasteiger partial charge on any atom is -0.377 e. The number of piperidine rings is 1. The molecule has 0 bridgehead atoms. The summed E-state index contributed by atoms with van der Waals surface area (Å²) in [6, 6.07) is 0. The molecule has 3 nitrogen and oxygen atoms in total. The molecule has 1 unspecified atom stereocenters. The summed E-state index contributed by atoms with van der Waals surface area (Å²) in [5.74, 6) is 0. The van der Waals surface area contributed by atoms with E-state index in [0.29, 0.717) is 6.10 Å². The Bertz CT molecular complexity index is 213. The van der Waals surface area contributed by atoms with Crippen molar-refractivity contribution < 1.29 is 4.74 Å². The Balaban J connectivity index is 2.10. The van der Waals surface area contributed by atoms with Gasteiger partial charge in [-0.2, -0.15) is 0 Å². The lowest BCUT2D eigenvalue weighted by atomic mass is 10.1. The SMILES string of the molecule is CCCOC1CCCN(CCCNC(C)(C)C)C1. The zero-order valence-corrected chi connectivity index (χ0v) is 12.8. The number of nitrogens with zero attached hydrogens (tertiary/aromatic N) is 1. The highest BCUT2D eigenvalue weighted by Crippen LogP contribution is 2.13. The second-order valence-electron chi connectivity index (χ2n) is 6.47. The van der Waals surface area contributed by atoms with Crippen LogP contribution in [-0.2, 0) is 4.74 Å². The van der Waals surface area contributed by atoms with Gasteiger partial charge >= 0.3 is 0 Å². The summed E-state index contributed by atoms with van der Waals surface area (Å²) in [6.45, 7) is 14.5. The van der Waals surface area contributed by atoms with E-state index in [0.717, 1.165) is 26.1 Å². The van der Waals surface area contributed by atoms with Crippen molar-refractivity contribution in [1.82, 2.24) is 10.2 Å². The molecule has 1 heterocycles. The van der Waals surface area contributed by atoms with Gasteiger partial charge in [-0.3, -0.25) is 0 Å². The minimum atomic E-state index is 0.245. The summed E-state index contributed by atoms with van der Waals surface area (Å²) < 4.78 is 5.87. The van der Waals surface area contributed by atoms with Crippen molar-refractivity contribution in [3.8, 4) is 0 Å². The van der Waals surface area contributed by atoms with E-state index in [4.69, 9.17) is 4.74 Å². The molecule has 0 spiro atoms. The van der Waals surface area contributed by atoms with Crippen LogP contribution in [0.25, 0.3) is 0 Å². The lowest BCUT2D eigenvalue weighted by Crippen LogP contribution is -2.42. The van der Waals surface area contributed by atoms with Gasteiger partial charge in [-0.15, -0.1) is 0 Å². The van der Waals surface area contributed by atoms with Gasteiger partial charge < -0.3 is 15.0 Å². The molecule has 0 aliphatic carbocycles. The molecule has 1 saturated heterocycles. The van der Waals surface area contributed by atoms with Crippen LogP contribution in [0, 0.1) is 0 Å². The molecule has 1 N–H and O–H groups in total. The van der Waals surface area contributed by atoms with Crippen molar-refractivity contribution >= 4 is 0 Å². The molecule has 0 aromatic carbocycles. The molecule has 1 aliphatic rings. The van der Waals surface area contributed by atoms with Gasteiger partial charge in [0.2, 0.25) is 0 Å². The molecular weight excluding hydrogens is 224 g/mol. The lowest BCUT2D eigenvalue weighted by molar-refractivity contribution is -0.000268. The first kappa shape index (κ1) is 15.9. The Morgan fingerprint density at radius 2 is 2.11 bits per heavy atom. The van der Waals surface area contributed by atoms with Crippen molar-refractivity contribution in [2.75, 3.05) is 32.8 Å². The number of ether oxygens (including phenoxy) is 1. The van der Waals surface area contributed by atoms with Gasteiger partial charge in [0.1, 0.15) is 0 Å². The van der Waals surface area contributed by atoms with Crippen LogP contribution >= 0.6 is 0 Å². The third kappa shape index (κ3) is 7.34. The maximum Gasteiger partial charge on any atom is 0.0702 e. The Kier molecular flexibility index (Phi) is 7.20. The summed E-state index contributed by atoms with van der Waals surface area (Å²) in [6.07, 6.45) is 5.39. The molecule has 1 fully saturated rings. The maximum atomic E-state index is 5.87. The number of nitrogens with one attached hydrogen (secondary N) is 1. The zero-order chi connectivity index (χ0) is 13.4. The zero-order valence-electron chi connectivity index (χ0n) is 12.8. The van der Waals surface area contributed by atoms with E-state index in [9.17, 15) is 0 Å². The first-order valence-electron chi connectivity index (χ1n) is 7.60. The second-order valence-corrected chi connectivity index (χ2v) is 6.47. The highest BCUT2D eigenvalue weighted by atomic mass is 16.5. The van der Waals surface area contributed by atoms with E-state index < -0.39 is 0 Å². The summed E-state index contributed by atoms with van der Waals surface area (Å²) in [5.41, 5.74) is 0.245. The Hall–Kier alpha value is -0.120. The standard InChI is InChI=1S/C15H32N2O/c1-5-12-18-14-8-6-10-17(13-14)11-7-9-16-15(2,3)4/h14,16H,5-13H2,1-4H3. The minimum absolute atomic E-state index is 0.245. The van der Waals surface area contributed by atoms with Gasteiger partial charge in [0.15, 0.2) is 0 Å². The first-order chi connectivity index (χ1) is 8.51.